The molecule has 72 valence electrons. The number of ketones is 2. The summed E-state index contributed by atoms with van der Waals surface area (Å²) in [5.41, 5.74) is 0. The van der Waals surface area contributed by atoms with Gasteiger partial charge >= 0.3 is 81.1 Å². The summed E-state index contributed by atoms with van der Waals surface area (Å²) in [4.78, 5) is 23.0. The molecule has 2 fully saturated rings. The second kappa shape index (κ2) is 2.94. The molecule has 0 amide bonds. The van der Waals surface area contributed by atoms with Gasteiger partial charge in [-0.3, -0.25) is 0 Å². The Hall–Kier alpha value is -0.117. The Morgan fingerprint density at radius 3 is 1.62 bits per heavy atom. The van der Waals surface area contributed by atoms with Crippen LogP contribution in [0.3, 0.4) is 0 Å². The van der Waals surface area contributed by atoms with Gasteiger partial charge in [0.05, 0.1) is 0 Å². The van der Waals surface area contributed by atoms with E-state index < -0.39 is 13.3 Å². The first-order valence-electron chi connectivity index (χ1n) is 5.08. The fraction of sp³-hybridized carbons (Fsp3) is 0.800. The zero-order chi connectivity index (χ0) is 9.64. The first-order chi connectivity index (χ1) is 6.02. The Kier molecular flexibility index (Phi) is 2.13. The minimum absolute atomic E-state index is 0.276. The number of carbonyl (C=O) groups excluding carboxylic acids is 2. The van der Waals surface area contributed by atoms with Crippen LogP contribution < -0.4 is 0 Å². The monoisotopic (exact) mass is 242 g/mol. The van der Waals surface area contributed by atoms with Gasteiger partial charge in [0.25, 0.3) is 0 Å². The zero-order valence-electron chi connectivity index (χ0n) is 8.30. The van der Waals surface area contributed by atoms with Gasteiger partial charge in [-0.25, -0.2) is 0 Å². The molecule has 3 heteroatoms. The van der Waals surface area contributed by atoms with Crippen LogP contribution in [0.15, 0.2) is 0 Å². The van der Waals surface area contributed by atoms with Crippen molar-refractivity contribution in [2.45, 2.75) is 34.9 Å². The number of carbonyl (C=O) groups is 2. The van der Waals surface area contributed by atoms with Gasteiger partial charge in [-0.1, -0.05) is 0 Å². The maximum atomic E-state index is 11.5. The Bertz CT molecular complexity index is 244. The predicted molar refractivity (Wildman–Crippen MR) is 53.3 cm³/mol. The number of rotatable bonds is 0. The van der Waals surface area contributed by atoms with Crippen LogP contribution in [0.5, 0.6) is 0 Å². The summed E-state index contributed by atoms with van der Waals surface area (Å²) in [7, 11) is 0. The zero-order valence-corrected chi connectivity index (χ0v) is 10.4. The standard InChI is InChI=1S/C10H16GeO2/c1-7-3-11(5-9(7)12)4-8(2)10(13)6-11/h7-8H,3-6H2,1-2H3. The van der Waals surface area contributed by atoms with Crippen molar-refractivity contribution >= 4 is 24.8 Å². The SMILES string of the molecule is CC1[CH2][Ge]2([CH2]C1=O)[CH2]C(=O)C(C)[CH2]2. The summed E-state index contributed by atoms with van der Waals surface area (Å²) in [6.45, 7) is 4.07. The van der Waals surface area contributed by atoms with Crippen molar-refractivity contribution in [3.05, 3.63) is 0 Å². The van der Waals surface area contributed by atoms with E-state index >= 15 is 0 Å². The van der Waals surface area contributed by atoms with E-state index in [1.807, 2.05) is 13.8 Å². The summed E-state index contributed by atoms with van der Waals surface area (Å²) >= 11 is -1.94. The molecule has 0 aromatic heterocycles. The minimum atomic E-state index is -1.94. The molecule has 2 heterocycles. The summed E-state index contributed by atoms with van der Waals surface area (Å²) in [5.74, 6) is 1.44. The molecule has 2 nitrogen and oxygen atoms in total. The van der Waals surface area contributed by atoms with Gasteiger partial charge < -0.3 is 0 Å². The molecular formula is C10H16GeO2. The second-order valence-electron chi connectivity index (χ2n) is 5.00. The van der Waals surface area contributed by atoms with Crippen LogP contribution in [0.1, 0.15) is 13.8 Å². The van der Waals surface area contributed by atoms with Gasteiger partial charge in [0.15, 0.2) is 0 Å². The molecule has 0 bridgehead atoms. The quantitative estimate of drug-likeness (QED) is 0.606. The molecule has 2 rings (SSSR count). The van der Waals surface area contributed by atoms with Crippen molar-refractivity contribution in [2.24, 2.45) is 11.8 Å². The van der Waals surface area contributed by atoms with Crippen LogP contribution in [-0.4, -0.2) is 24.8 Å². The van der Waals surface area contributed by atoms with Gasteiger partial charge in [0.2, 0.25) is 0 Å². The maximum absolute atomic E-state index is 11.5. The molecule has 2 aliphatic rings. The predicted octanol–water partition coefficient (Wildman–Crippen LogP) is 1.87. The van der Waals surface area contributed by atoms with E-state index in [-0.39, 0.29) is 11.8 Å². The Balaban J connectivity index is 2.17. The van der Waals surface area contributed by atoms with Gasteiger partial charge in [-0.05, 0) is 0 Å². The molecule has 0 saturated carbocycles. The molecule has 1 spiro atoms. The van der Waals surface area contributed by atoms with E-state index in [1.165, 1.54) is 0 Å². The molecule has 0 radical (unpaired) electrons. The van der Waals surface area contributed by atoms with Crippen LogP contribution >= 0.6 is 0 Å². The van der Waals surface area contributed by atoms with Crippen molar-refractivity contribution < 1.29 is 9.59 Å². The third-order valence-electron chi connectivity index (χ3n) is 3.68. The van der Waals surface area contributed by atoms with E-state index in [0.717, 1.165) is 21.0 Å². The Labute approximate surface area is 81.4 Å². The van der Waals surface area contributed by atoms with Crippen molar-refractivity contribution in [3.8, 4) is 0 Å². The van der Waals surface area contributed by atoms with Crippen LogP contribution in [0.4, 0.5) is 0 Å². The molecule has 2 unspecified atom stereocenters. The van der Waals surface area contributed by atoms with Crippen LogP contribution in [-0.2, 0) is 9.59 Å². The Morgan fingerprint density at radius 2 is 1.38 bits per heavy atom. The molecule has 2 saturated heterocycles. The summed E-state index contributed by atoms with van der Waals surface area (Å²) in [5, 5.41) is 3.96. The van der Waals surface area contributed by atoms with E-state index in [9.17, 15) is 9.59 Å². The first kappa shape index (κ1) is 9.44. The fourth-order valence-corrected chi connectivity index (χ4v) is 15.8. The normalized spacial score (nSPS) is 45.1. The summed E-state index contributed by atoms with van der Waals surface area (Å²) < 4.78 is 0. The molecule has 0 aliphatic carbocycles. The molecule has 13 heavy (non-hydrogen) atoms. The van der Waals surface area contributed by atoms with Crippen LogP contribution in [0.2, 0.25) is 21.0 Å². The van der Waals surface area contributed by atoms with Gasteiger partial charge in [-0.15, -0.1) is 0 Å². The topological polar surface area (TPSA) is 34.1 Å². The van der Waals surface area contributed by atoms with Gasteiger partial charge in [0, 0.05) is 0 Å². The summed E-state index contributed by atoms with van der Waals surface area (Å²) in [6, 6.07) is 0. The number of hydrogen-bond donors (Lipinski definition) is 0. The van der Waals surface area contributed by atoms with Crippen molar-refractivity contribution in [3.63, 3.8) is 0 Å². The third kappa shape index (κ3) is 1.49. The molecule has 0 aromatic carbocycles. The van der Waals surface area contributed by atoms with Crippen LogP contribution in [0, 0.1) is 11.8 Å². The molecular weight excluding hydrogens is 225 g/mol. The second-order valence-corrected chi connectivity index (χ2v) is 14.5. The first-order valence-corrected chi connectivity index (χ1v) is 11.0. The van der Waals surface area contributed by atoms with Crippen LogP contribution in [0.25, 0.3) is 0 Å². The van der Waals surface area contributed by atoms with E-state index in [1.54, 1.807) is 0 Å². The van der Waals surface area contributed by atoms with Crippen molar-refractivity contribution in [1.29, 1.82) is 0 Å². The van der Waals surface area contributed by atoms with Gasteiger partial charge in [0.1, 0.15) is 0 Å². The Morgan fingerprint density at radius 1 is 1.00 bits per heavy atom. The fourth-order valence-electron chi connectivity index (χ4n) is 3.05. The average molecular weight is 241 g/mol. The molecule has 0 N–H and O–H groups in total. The number of hydrogen-bond acceptors (Lipinski definition) is 2. The molecule has 0 aromatic rings. The third-order valence-corrected chi connectivity index (χ3v) is 14.5. The van der Waals surface area contributed by atoms with E-state index in [2.05, 4.69) is 0 Å². The van der Waals surface area contributed by atoms with E-state index in [4.69, 9.17) is 0 Å². The summed E-state index contributed by atoms with van der Waals surface area (Å²) in [6.07, 6.45) is 0. The molecule has 2 atom stereocenters. The average Bonchev–Trinajstić information content (AvgIpc) is 2.39. The number of Topliss-reactive ketones (excluding diaryl/α,β-unsaturated/α-hetero) is 2. The van der Waals surface area contributed by atoms with E-state index in [0.29, 0.717) is 11.6 Å². The van der Waals surface area contributed by atoms with Crippen molar-refractivity contribution in [2.75, 3.05) is 0 Å². The van der Waals surface area contributed by atoms with Gasteiger partial charge in [-0.2, -0.15) is 0 Å². The van der Waals surface area contributed by atoms with Crippen molar-refractivity contribution in [1.82, 2.24) is 0 Å². The molecule has 2 aliphatic heterocycles.